The summed E-state index contributed by atoms with van der Waals surface area (Å²) in [5.41, 5.74) is 5.65. The normalized spacial score (nSPS) is 14.9. The van der Waals surface area contributed by atoms with Crippen molar-refractivity contribution in [2.75, 3.05) is 6.61 Å². The summed E-state index contributed by atoms with van der Waals surface area (Å²) in [6.45, 7) is 1.86. The van der Waals surface area contributed by atoms with E-state index in [0.717, 1.165) is 19.3 Å². The molecule has 0 spiro atoms. The van der Waals surface area contributed by atoms with Gasteiger partial charge in [0.2, 0.25) is 0 Å². The first-order valence-electron chi connectivity index (χ1n) is 9.65. The van der Waals surface area contributed by atoms with Crippen LogP contribution in [0.4, 0.5) is 0 Å². The fraction of sp³-hybridized carbons (Fsp3) is 0.889. The lowest BCUT2D eigenvalue weighted by Gasteiger charge is -2.18. The van der Waals surface area contributed by atoms with Crippen LogP contribution in [-0.2, 0) is 9.09 Å². The monoisotopic (exact) mass is 379 g/mol. The lowest BCUT2D eigenvalue weighted by atomic mass is 10.0. The predicted molar refractivity (Wildman–Crippen MR) is 102 cm³/mol. The summed E-state index contributed by atoms with van der Waals surface area (Å²) >= 11 is 0. The zero-order chi connectivity index (χ0) is 19.0. The van der Waals surface area contributed by atoms with E-state index < -0.39 is 20.0 Å². The lowest BCUT2D eigenvalue weighted by Crippen LogP contribution is -2.38. The number of rotatable bonds is 17. The van der Waals surface area contributed by atoms with Gasteiger partial charge >= 0.3 is 7.82 Å². The number of unbranched alkanes of at least 4 members (excludes halogenated alkanes) is 9. The maximum Gasteiger partial charge on any atom is 0.469 e. The highest BCUT2D eigenvalue weighted by Crippen LogP contribution is 2.35. The number of hydrogen-bond acceptors (Lipinski definition) is 4. The molecule has 7 heteroatoms. The van der Waals surface area contributed by atoms with E-state index in [-0.39, 0.29) is 6.61 Å². The van der Waals surface area contributed by atoms with Gasteiger partial charge in [-0.2, -0.15) is 0 Å². The molecule has 0 saturated carbocycles. The Balaban J connectivity index is 3.38. The molecule has 0 heterocycles. The molecule has 0 saturated heterocycles. The Morgan fingerprint density at radius 2 is 1.48 bits per heavy atom. The number of phosphoric acid groups is 1. The van der Waals surface area contributed by atoms with Gasteiger partial charge in [-0.25, -0.2) is 4.57 Å². The van der Waals surface area contributed by atoms with Crippen molar-refractivity contribution < 1.29 is 24.0 Å². The van der Waals surface area contributed by atoms with Crippen molar-refractivity contribution in [2.45, 2.75) is 96.1 Å². The molecular weight excluding hydrogens is 341 g/mol. The highest BCUT2D eigenvalue weighted by atomic mass is 31.2. The molecule has 0 aromatic heterocycles. The Bertz CT molecular complexity index is 372. The minimum atomic E-state index is -4.51. The van der Waals surface area contributed by atoms with Crippen LogP contribution < -0.4 is 5.73 Å². The van der Waals surface area contributed by atoms with Crippen molar-refractivity contribution in [3.05, 3.63) is 12.2 Å². The van der Waals surface area contributed by atoms with Crippen LogP contribution in [-0.4, -0.2) is 33.6 Å². The first kappa shape index (κ1) is 24.8. The maximum atomic E-state index is 10.6. The number of aliphatic hydroxyl groups is 1. The molecule has 6 nitrogen and oxygen atoms in total. The first-order valence-corrected chi connectivity index (χ1v) is 11.2. The molecule has 0 fully saturated rings. The van der Waals surface area contributed by atoms with Crippen molar-refractivity contribution in [3.63, 3.8) is 0 Å². The van der Waals surface area contributed by atoms with E-state index in [4.69, 9.17) is 15.5 Å². The minimum Gasteiger partial charge on any atom is -0.391 e. The van der Waals surface area contributed by atoms with E-state index >= 15 is 0 Å². The first-order chi connectivity index (χ1) is 11.9. The second-order valence-electron chi connectivity index (χ2n) is 6.68. The highest BCUT2D eigenvalue weighted by Gasteiger charge is 2.20. The van der Waals surface area contributed by atoms with Crippen LogP contribution >= 0.6 is 7.82 Å². The SMILES string of the molecule is CCC/C=C\CCCCCCCCCC[C@@H](O)[C@@H](N)COP(=O)(O)O. The Hall–Kier alpha value is -0.230. The van der Waals surface area contributed by atoms with E-state index in [1.807, 2.05) is 0 Å². The van der Waals surface area contributed by atoms with Gasteiger partial charge in [0.25, 0.3) is 0 Å². The van der Waals surface area contributed by atoms with Crippen LogP contribution in [0.2, 0.25) is 0 Å². The fourth-order valence-corrected chi connectivity index (χ4v) is 2.95. The molecule has 0 amide bonds. The third-order valence-electron chi connectivity index (χ3n) is 4.17. The Labute approximate surface area is 153 Å². The summed E-state index contributed by atoms with van der Waals surface area (Å²) in [5.74, 6) is 0. The summed E-state index contributed by atoms with van der Waals surface area (Å²) in [4.78, 5) is 17.2. The van der Waals surface area contributed by atoms with Crippen molar-refractivity contribution in [2.24, 2.45) is 5.73 Å². The zero-order valence-corrected chi connectivity index (χ0v) is 16.6. The summed E-state index contributed by atoms with van der Waals surface area (Å²) < 4.78 is 14.9. The number of allylic oxidation sites excluding steroid dienone is 2. The van der Waals surface area contributed by atoms with Gasteiger partial charge in [-0.3, -0.25) is 4.52 Å². The van der Waals surface area contributed by atoms with Gasteiger partial charge in [-0.05, 0) is 25.7 Å². The molecular formula is C18H38NO5P. The third kappa shape index (κ3) is 18.4. The molecule has 0 bridgehead atoms. The van der Waals surface area contributed by atoms with Gasteiger partial charge in [0.15, 0.2) is 0 Å². The molecule has 0 aromatic carbocycles. The van der Waals surface area contributed by atoms with Crippen LogP contribution in [0.25, 0.3) is 0 Å². The molecule has 0 aliphatic rings. The summed E-state index contributed by atoms with van der Waals surface area (Å²) in [6.07, 6.45) is 17.3. The standard InChI is InChI=1S/C18H38NO5P/c1-2-3-4-5-6-7-8-9-10-11-12-13-14-15-18(20)17(19)16-24-25(21,22)23/h4-5,17-18,20H,2-3,6-16,19H2,1H3,(H2,21,22,23)/b5-4-/t17-,18+/m0/s1. The molecule has 0 aromatic rings. The average molecular weight is 379 g/mol. The fourth-order valence-electron chi connectivity index (χ4n) is 2.59. The Morgan fingerprint density at radius 1 is 0.960 bits per heavy atom. The summed E-state index contributed by atoms with van der Waals surface area (Å²) in [7, 11) is -4.51. The second kappa shape index (κ2) is 16.0. The van der Waals surface area contributed by atoms with Crippen molar-refractivity contribution in [1.82, 2.24) is 0 Å². The largest absolute Gasteiger partial charge is 0.469 e. The van der Waals surface area contributed by atoms with Gasteiger partial charge in [-0.15, -0.1) is 0 Å². The smallest absolute Gasteiger partial charge is 0.391 e. The average Bonchev–Trinajstić information content (AvgIpc) is 2.56. The van der Waals surface area contributed by atoms with Crippen LogP contribution in [0.1, 0.15) is 84.0 Å². The number of nitrogens with two attached hydrogens (primary N) is 1. The third-order valence-corrected chi connectivity index (χ3v) is 4.66. The van der Waals surface area contributed by atoms with Gasteiger partial charge in [0.05, 0.1) is 18.8 Å². The van der Waals surface area contributed by atoms with Crippen molar-refractivity contribution in [1.29, 1.82) is 0 Å². The quantitative estimate of drug-likeness (QED) is 0.172. The van der Waals surface area contributed by atoms with E-state index in [1.54, 1.807) is 0 Å². The molecule has 0 rings (SSSR count). The topological polar surface area (TPSA) is 113 Å². The van der Waals surface area contributed by atoms with E-state index in [1.165, 1.54) is 51.4 Å². The van der Waals surface area contributed by atoms with Crippen LogP contribution in [0.15, 0.2) is 12.2 Å². The van der Waals surface area contributed by atoms with E-state index in [9.17, 15) is 9.67 Å². The number of hydrogen-bond donors (Lipinski definition) is 4. The molecule has 0 aliphatic heterocycles. The summed E-state index contributed by atoms with van der Waals surface area (Å²) in [5, 5.41) is 9.83. The van der Waals surface area contributed by atoms with Crippen molar-refractivity contribution >= 4 is 7.82 Å². The van der Waals surface area contributed by atoms with Gasteiger partial charge in [-0.1, -0.05) is 70.4 Å². The van der Waals surface area contributed by atoms with E-state index in [0.29, 0.717) is 6.42 Å². The van der Waals surface area contributed by atoms with E-state index in [2.05, 4.69) is 23.6 Å². The second-order valence-corrected chi connectivity index (χ2v) is 7.92. The van der Waals surface area contributed by atoms with Crippen LogP contribution in [0, 0.1) is 0 Å². The molecule has 0 unspecified atom stereocenters. The highest BCUT2D eigenvalue weighted by molar-refractivity contribution is 7.46. The number of aliphatic hydroxyl groups excluding tert-OH is 1. The Kier molecular flexibility index (Phi) is 15.8. The molecule has 25 heavy (non-hydrogen) atoms. The van der Waals surface area contributed by atoms with Crippen LogP contribution in [0.3, 0.4) is 0 Å². The molecule has 0 radical (unpaired) electrons. The lowest BCUT2D eigenvalue weighted by molar-refractivity contribution is 0.0931. The minimum absolute atomic E-state index is 0.334. The molecule has 0 aliphatic carbocycles. The predicted octanol–water partition coefficient (Wildman–Crippen LogP) is 4.04. The van der Waals surface area contributed by atoms with Gasteiger partial charge in [0.1, 0.15) is 0 Å². The number of phosphoric ester groups is 1. The summed E-state index contributed by atoms with van der Waals surface area (Å²) in [6, 6.07) is -0.765. The molecule has 5 N–H and O–H groups in total. The molecule has 150 valence electrons. The molecule has 2 atom stereocenters. The Morgan fingerprint density at radius 3 is 2.04 bits per heavy atom. The maximum absolute atomic E-state index is 10.6. The van der Waals surface area contributed by atoms with Crippen LogP contribution in [0.5, 0.6) is 0 Å². The van der Waals surface area contributed by atoms with Gasteiger partial charge in [0, 0.05) is 0 Å². The van der Waals surface area contributed by atoms with Crippen molar-refractivity contribution in [3.8, 4) is 0 Å². The van der Waals surface area contributed by atoms with Gasteiger partial charge < -0.3 is 20.6 Å². The zero-order valence-electron chi connectivity index (χ0n) is 15.7.